The van der Waals surface area contributed by atoms with Crippen LogP contribution < -0.4 is 10.5 Å². The Bertz CT molecular complexity index is 443. The van der Waals surface area contributed by atoms with Crippen molar-refractivity contribution in [2.75, 3.05) is 25.0 Å². The standard InChI is InChI=1S/C9H18N4O3S/c1-8(5-10)17(14,15)12-9-6-11-13(7-9)3-4-16-2/h6-8,12H,3-5,10H2,1-2H3. The largest absolute Gasteiger partial charge is 0.383 e. The number of methoxy groups -OCH3 is 1. The Morgan fingerprint density at radius 2 is 2.35 bits per heavy atom. The molecule has 1 aromatic heterocycles. The van der Waals surface area contributed by atoms with Gasteiger partial charge >= 0.3 is 0 Å². The molecule has 1 rings (SSSR count). The van der Waals surface area contributed by atoms with E-state index in [1.54, 1.807) is 24.9 Å². The summed E-state index contributed by atoms with van der Waals surface area (Å²) < 4.78 is 32.3. The van der Waals surface area contributed by atoms with Crippen LogP contribution in [-0.4, -0.2) is 43.7 Å². The molecule has 1 unspecified atom stereocenters. The van der Waals surface area contributed by atoms with Gasteiger partial charge in [0.15, 0.2) is 0 Å². The van der Waals surface area contributed by atoms with Crippen molar-refractivity contribution < 1.29 is 13.2 Å². The van der Waals surface area contributed by atoms with Crippen LogP contribution in [0.4, 0.5) is 5.69 Å². The molecule has 17 heavy (non-hydrogen) atoms. The molecule has 0 radical (unpaired) electrons. The second-order valence-corrected chi connectivity index (χ2v) is 5.78. The summed E-state index contributed by atoms with van der Waals surface area (Å²) in [5.74, 6) is 0. The maximum absolute atomic E-state index is 11.7. The molecule has 0 aliphatic heterocycles. The highest BCUT2D eigenvalue weighted by molar-refractivity contribution is 7.93. The smallest absolute Gasteiger partial charge is 0.236 e. The summed E-state index contributed by atoms with van der Waals surface area (Å²) >= 11 is 0. The lowest BCUT2D eigenvalue weighted by molar-refractivity contribution is 0.183. The molecule has 0 aliphatic rings. The van der Waals surface area contributed by atoms with E-state index >= 15 is 0 Å². The number of anilines is 1. The van der Waals surface area contributed by atoms with Crippen molar-refractivity contribution >= 4 is 15.7 Å². The Kier molecular flexibility index (Phi) is 4.91. The number of nitrogens with two attached hydrogens (primary N) is 1. The molecule has 1 atom stereocenters. The van der Waals surface area contributed by atoms with E-state index in [4.69, 9.17) is 10.5 Å². The maximum Gasteiger partial charge on any atom is 0.236 e. The van der Waals surface area contributed by atoms with Gasteiger partial charge in [0.25, 0.3) is 0 Å². The molecule has 0 bridgehead atoms. The van der Waals surface area contributed by atoms with Gasteiger partial charge in [0.2, 0.25) is 10.0 Å². The van der Waals surface area contributed by atoms with Crippen molar-refractivity contribution in [3.8, 4) is 0 Å². The number of aromatic nitrogens is 2. The van der Waals surface area contributed by atoms with Crippen LogP contribution in [0.25, 0.3) is 0 Å². The number of hydrogen-bond donors (Lipinski definition) is 2. The third-order valence-electron chi connectivity index (χ3n) is 2.28. The molecule has 0 aliphatic carbocycles. The van der Waals surface area contributed by atoms with E-state index in [9.17, 15) is 8.42 Å². The normalized spacial score (nSPS) is 13.6. The van der Waals surface area contributed by atoms with Crippen molar-refractivity contribution in [2.24, 2.45) is 5.73 Å². The maximum atomic E-state index is 11.7. The Morgan fingerprint density at radius 1 is 1.65 bits per heavy atom. The van der Waals surface area contributed by atoms with Crippen molar-refractivity contribution in [1.82, 2.24) is 9.78 Å². The fraction of sp³-hybridized carbons (Fsp3) is 0.667. The number of hydrogen-bond acceptors (Lipinski definition) is 5. The third kappa shape index (κ3) is 3.99. The van der Waals surface area contributed by atoms with E-state index in [0.29, 0.717) is 18.8 Å². The first-order valence-electron chi connectivity index (χ1n) is 5.22. The van der Waals surface area contributed by atoms with E-state index in [1.807, 2.05) is 0 Å². The molecular weight excluding hydrogens is 244 g/mol. The number of nitrogens with zero attached hydrogens (tertiary/aromatic N) is 2. The van der Waals surface area contributed by atoms with E-state index in [0.717, 1.165) is 0 Å². The SMILES string of the molecule is COCCn1cc(NS(=O)(=O)C(C)CN)cn1. The molecular formula is C9H18N4O3S. The van der Waals surface area contributed by atoms with E-state index in [1.165, 1.54) is 6.20 Å². The first-order valence-corrected chi connectivity index (χ1v) is 6.77. The Morgan fingerprint density at radius 3 is 2.94 bits per heavy atom. The number of nitrogens with one attached hydrogen (secondary N) is 1. The van der Waals surface area contributed by atoms with Crippen molar-refractivity contribution in [2.45, 2.75) is 18.7 Å². The van der Waals surface area contributed by atoms with Crippen LogP contribution in [-0.2, 0) is 21.3 Å². The molecule has 3 N–H and O–H groups in total. The fourth-order valence-corrected chi connectivity index (χ4v) is 2.00. The molecule has 0 aromatic carbocycles. The van der Waals surface area contributed by atoms with Crippen molar-refractivity contribution in [3.05, 3.63) is 12.4 Å². The zero-order valence-corrected chi connectivity index (χ0v) is 10.8. The molecule has 0 saturated heterocycles. The summed E-state index contributed by atoms with van der Waals surface area (Å²) in [5, 5.41) is 3.37. The van der Waals surface area contributed by atoms with Crippen LogP contribution in [0, 0.1) is 0 Å². The monoisotopic (exact) mass is 262 g/mol. The third-order valence-corrected chi connectivity index (χ3v) is 4.05. The molecule has 7 nitrogen and oxygen atoms in total. The van der Waals surface area contributed by atoms with E-state index in [2.05, 4.69) is 9.82 Å². The summed E-state index contributed by atoms with van der Waals surface area (Å²) in [6.07, 6.45) is 3.07. The summed E-state index contributed by atoms with van der Waals surface area (Å²) in [7, 11) is -1.84. The van der Waals surface area contributed by atoms with Gasteiger partial charge in [-0.2, -0.15) is 5.10 Å². The minimum Gasteiger partial charge on any atom is -0.383 e. The van der Waals surface area contributed by atoms with Crippen LogP contribution in [0.1, 0.15) is 6.92 Å². The van der Waals surface area contributed by atoms with Crippen LogP contribution in [0.5, 0.6) is 0 Å². The molecule has 8 heteroatoms. The van der Waals surface area contributed by atoms with Crippen LogP contribution in [0.2, 0.25) is 0 Å². The zero-order chi connectivity index (χ0) is 12.9. The van der Waals surface area contributed by atoms with Crippen LogP contribution >= 0.6 is 0 Å². The molecule has 0 fully saturated rings. The van der Waals surface area contributed by atoms with Gasteiger partial charge in [-0.25, -0.2) is 8.42 Å². The Labute approximate surface area is 101 Å². The lowest BCUT2D eigenvalue weighted by atomic mass is 10.5. The van der Waals surface area contributed by atoms with E-state index in [-0.39, 0.29) is 6.54 Å². The quantitative estimate of drug-likeness (QED) is 0.697. The number of ether oxygens (including phenoxy) is 1. The first-order chi connectivity index (χ1) is 7.99. The highest BCUT2D eigenvalue weighted by atomic mass is 32.2. The average molecular weight is 262 g/mol. The highest BCUT2D eigenvalue weighted by Gasteiger charge is 2.19. The Hall–Kier alpha value is -1.12. The van der Waals surface area contributed by atoms with Gasteiger partial charge in [0.1, 0.15) is 0 Å². The fourth-order valence-electron chi connectivity index (χ4n) is 1.11. The molecule has 0 amide bonds. The molecule has 1 heterocycles. The number of sulfonamides is 1. The predicted octanol–water partition coefficient (Wildman–Crippen LogP) is -0.382. The minimum atomic E-state index is -3.43. The number of rotatable bonds is 7. The van der Waals surface area contributed by atoms with Gasteiger partial charge in [0.05, 0.1) is 30.3 Å². The van der Waals surface area contributed by atoms with Crippen LogP contribution in [0.3, 0.4) is 0 Å². The molecule has 0 spiro atoms. The predicted molar refractivity (Wildman–Crippen MR) is 65.2 cm³/mol. The van der Waals surface area contributed by atoms with Crippen LogP contribution in [0.15, 0.2) is 12.4 Å². The molecule has 1 aromatic rings. The Balaban J connectivity index is 2.66. The van der Waals surface area contributed by atoms with Crippen molar-refractivity contribution in [3.63, 3.8) is 0 Å². The second kappa shape index (κ2) is 5.99. The van der Waals surface area contributed by atoms with Gasteiger partial charge in [-0.15, -0.1) is 0 Å². The zero-order valence-electron chi connectivity index (χ0n) is 9.96. The topological polar surface area (TPSA) is 99.2 Å². The highest BCUT2D eigenvalue weighted by Crippen LogP contribution is 2.10. The summed E-state index contributed by atoms with van der Waals surface area (Å²) in [6, 6.07) is 0. The van der Waals surface area contributed by atoms with Gasteiger partial charge in [0, 0.05) is 19.9 Å². The second-order valence-electron chi connectivity index (χ2n) is 3.68. The van der Waals surface area contributed by atoms with Gasteiger partial charge in [-0.3, -0.25) is 9.40 Å². The first kappa shape index (κ1) is 13.9. The van der Waals surface area contributed by atoms with Gasteiger partial charge < -0.3 is 10.5 Å². The molecule has 0 saturated carbocycles. The minimum absolute atomic E-state index is 0.0765. The van der Waals surface area contributed by atoms with Gasteiger partial charge in [-0.1, -0.05) is 0 Å². The summed E-state index contributed by atoms with van der Waals surface area (Å²) in [6.45, 7) is 2.72. The summed E-state index contributed by atoms with van der Waals surface area (Å²) in [4.78, 5) is 0. The average Bonchev–Trinajstić information content (AvgIpc) is 2.72. The summed E-state index contributed by atoms with van der Waals surface area (Å²) in [5.41, 5.74) is 5.76. The lowest BCUT2D eigenvalue weighted by Crippen LogP contribution is -2.31. The van der Waals surface area contributed by atoms with Crippen molar-refractivity contribution in [1.29, 1.82) is 0 Å². The van der Waals surface area contributed by atoms with E-state index < -0.39 is 15.3 Å². The molecule has 98 valence electrons. The van der Waals surface area contributed by atoms with Gasteiger partial charge in [-0.05, 0) is 6.92 Å². The lowest BCUT2D eigenvalue weighted by Gasteiger charge is -2.10.